The van der Waals surface area contributed by atoms with E-state index in [4.69, 9.17) is 22.8 Å². The van der Waals surface area contributed by atoms with E-state index >= 15 is 0 Å². The van der Waals surface area contributed by atoms with Crippen molar-refractivity contribution in [3.63, 3.8) is 0 Å². The predicted molar refractivity (Wildman–Crippen MR) is 147 cm³/mol. The smallest absolute Gasteiger partial charge is 0.408 e. The molecule has 2 atom stereocenters. The number of hydrogen-bond acceptors (Lipinski definition) is 5. The minimum Gasteiger partial charge on any atom is -0.444 e. The van der Waals surface area contributed by atoms with Crippen molar-refractivity contribution in [2.45, 2.75) is 70.7 Å². The van der Waals surface area contributed by atoms with E-state index in [-0.39, 0.29) is 6.04 Å². The van der Waals surface area contributed by atoms with Crippen LogP contribution in [0.15, 0.2) is 42.5 Å². The highest BCUT2D eigenvalue weighted by molar-refractivity contribution is 6.34. The van der Waals surface area contributed by atoms with Gasteiger partial charge in [-0.1, -0.05) is 47.9 Å². The normalized spacial score (nSPS) is 14.9. The van der Waals surface area contributed by atoms with Crippen LogP contribution >= 0.6 is 11.6 Å². The van der Waals surface area contributed by atoms with Crippen molar-refractivity contribution in [3.8, 4) is 12.3 Å². The SMILES string of the molecule is C#Cc1ccccc1C(C(=O)Nc1c(C)cccc1Cl)N(C(=O)C(CO)NC(=O)OC(C)(C)C)C1CCC1. The van der Waals surface area contributed by atoms with Crippen LogP contribution < -0.4 is 10.6 Å². The van der Waals surface area contributed by atoms with Crippen LogP contribution in [0.4, 0.5) is 10.5 Å². The Morgan fingerprint density at radius 2 is 1.87 bits per heavy atom. The second-order valence-electron chi connectivity index (χ2n) is 10.3. The number of anilines is 1. The van der Waals surface area contributed by atoms with Crippen molar-refractivity contribution >= 4 is 35.2 Å². The molecule has 0 aliphatic heterocycles. The molecule has 38 heavy (non-hydrogen) atoms. The molecule has 0 saturated heterocycles. The van der Waals surface area contributed by atoms with Crippen molar-refractivity contribution in [2.75, 3.05) is 11.9 Å². The molecule has 0 radical (unpaired) electrons. The fraction of sp³-hybridized carbons (Fsp3) is 0.414. The third-order valence-corrected chi connectivity index (χ3v) is 6.62. The molecule has 2 unspecified atom stereocenters. The first kappa shape index (κ1) is 29.0. The number of alkyl carbamates (subject to hydrolysis) is 1. The van der Waals surface area contributed by atoms with Crippen LogP contribution in [-0.2, 0) is 14.3 Å². The molecule has 3 rings (SSSR count). The Morgan fingerprint density at radius 1 is 1.18 bits per heavy atom. The van der Waals surface area contributed by atoms with Crippen molar-refractivity contribution in [2.24, 2.45) is 0 Å². The summed E-state index contributed by atoms with van der Waals surface area (Å²) in [4.78, 5) is 41.8. The minimum absolute atomic E-state index is 0.300. The fourth-order valence-corrected chi connectivity index (χ4v) is 4.53. The van der Waals surface area contributed by atoms with E-state index in [1.807, 2.05) is 13.0 Å². The summed E-state index contributed by atoms with van der Waals surface area (Å²) in [5.41, 5.74) is 1.26. The van der Waals surface area contributed by atoms with Gasteiger partial charge in [-0.2, -0.15) is 0 Å². The molecule has 0 spiro atoms. The third kappa shape index (κ3) is 6.85. The number of rotatable bonds is 8. The number of hydrogen-bond donors (Lipinski definition) is 3. The van der Waals surface area contributed by atoms with Gasteiger partial charge in [-0.25, -0.2) is 4.79 Å². The number of aliphatic hydroxyl groups is 1. The third-order valence-electron chi connectivity index (χ3n) is 6.30. The summed E-state index contributed by atoms with van der Waals surface area (Å²) in [5, 5.41) is 15.8. The molecular formula is C29H34ClN3O5. The number of halogens is 1. The standard InChI is InChI=1S/C29H34ClN3O5/c1-6-19-12-7-8-15-21(19)25(26(35)32-24-18(2)11-9-16-22(24)30)33(20-13-10-14-20)27(36)23(17-34)31-28(37)38-29(3,4)5/h1,7-9,11-12,15-16,20,23,25,34H,10,13-14,17H2,2-5H3,(H,31,37)(H,32,35). The first-order valence-electron chi connectivity index (χ1n) is 12.5. The van der Waals surface area contributed by atoms with Gasteiger partial charge >= 0.3 is 6.09 Å². The van der Waals surface area contributed by atoms with Crippen molar-refractivity contribution in [3.05, 3.63) is 64.2 Å². The van der Waals surface area contributed by atoms with Crippen LogP contribution in [0.25, 0.3) is 0 Å². The lowest BCUT2D eigenvalue weighted by molar-refractivity contribution is -0.146. The summed E-state index contributed by atoms with van der Waals surface area (Å²) in [6.07, 6.45) is 7.11. The number of aryl methyl sites for hydroxylation is 1. The summed E-state index contributed by atoms with van der Waals surface area (Å²) in [5.74, 6) is 1.47. The highest BCUT2D eigenvalue weighted by atomic mass is 35.5. The lowest BCUT2D eigenvalue weighted by atomic mass is 9.87. The molecule has 1 aliphatic carbocycles. The molecule has 1 saturated carbocycles. The van der Waals surface area contributed by atoms with Crippen molar-refractivity contribution in [1.29, 1.82) is 0 Å². The first-order chi connectivity index (χ1) is 18.0. The Labute approximate surface area is 228 Å². The van der Waals surface area contributed by atoms with Gasteiger partial charge in [0.05, 0.1) is 17.3 Å². The van der Waals surface area contributed by atoms with Gasteiger partial charge in [0.25, 0.3) is 5.91 Å². The second kappa shape index (κ2) is 12.3. The minimum atomic E-state index is -1.33. The summed E-state index contributed by atoms with van der Waals surface area (Å²) in [6.45, 7) is 6.20. The maximum absolute atomic E-state index is 14.0. The maximum Gasteiger partial charge on any atom is 0.408 e. The zero-order valence-corrected chi connectivity index (χ0v) is 22.8. The molecule has 0 heterocycles. The van der Waals surface area contributed by atoms with Crippen LogP contribution in [-0.4, -0.2) is 52.2 Å². The van der Waals surface area contributed by atoms with E-state index in [0.717, 1.165) is 12.0 Å². The van der Waals surface area contributed by atoms with Gasteiger partial charge in [-0.05, 0) is 70.2 Å². The van der Waals surface area contributed by atoms with Gasteiger partial charge in [0.15, 0.2) is 0 Å². The zero-order chi connectivity index (χ0) is 28.0. The topological polar surface area (TPSA) is 108 Å². The molecule has 202 valence electrons. The lowest BCUT2D eigenvalue weighted by Crippen LogP contribution is -2.58. The van der Waals surface area contributed by atoms with E-state index in [1.54, 1.807) is 57.2 Å². The quantitative estimate of drug-likeness (QED) is 0.426. The number of carbonyl (C=O) groups excluding carboxylic acids is 3. The monoisotopic (exact) mass is 539 g/mol. The molecular weight excluding hydrogens is 506 g/mol. The highest BCUT2D eigenvalue weighted by Gasteiger charge is 2.42. The van der Waals surface area contributed by atoms with E-state index in [9.17, 15) is 19.5 Å². The molecule has 0 aromatic heterocycles. The summed E-state index contributed by atoms with van der Waals surface area (Å²) >= 11 is 6.39. The molecule has 1 aliphatic rings. The lowest BCUT2D eigenvalue weighted by Gasteiger charge is -2.43. The van der Waals surface area contributed by atoms with Crippen LogP contribution in [0.2, 0.25) is 5.02 Å². The maximum atomic E-state index is 14.0. The number of terminal acetylenes is 1. The Morgan fingerprint density at radius 3 is 2.42 bits per heavy atom. The molecule has 0 bridgehead atoms. The highest BCUT2D eigenvalue weighted by Crippen LogP contribution is 2.36. The van der Waals surface area contributed by atoms with Crippen molar-refractivity contribution in [1.82, 2.24) is 10.2 Å². The van der Waals surface area contributed by atoms with Crippen LogP contribution in [0.5, 0.6) is 0 Å². The fourth-order valence-electron chi connectivity index (χ4n) is 4.26. The van der Waals surface area contributed by atoms with Gasteiger partial charge in [0.1, 0.15) is 17.7 Å². The summed E-state index contributed by atoms with van der Waals surface area (Å²) in [6, 6.07) is 9.36. The average molecular weight is 540 g/mol. The molecule has 1 fully saturated rings. The van der Waals surface area contributed by atoms with Gasteiger partial charge in [-0.15, -0.1) is 6.42 Å². The summed E-state index contributed by atoms with van der Waals surface area (Å²) < 4.78 is 5.28. The van der Waals surface area contributed by atoms with Gasteiger partial charge in [-0.3, -0.25) is 9.59 Å². The molecule has 8 nitrogen and oxygen atoms in total. The van der Waals surface area contributed by atoms with Gasteiger partial charge < -0.3 is 25.4 Å². The Bertz CT molecular complexity index is 1210. The van der Waals surface area contributed by atoms with E-state index in [0.29, 0.717) is 34.7 Å². The Kier molecular flexibility index (Phi) is 9.42. The molecule has 2 aromatic carbocycles. The number of aliphatic hydroxyl groups excluding tert-OH is 1. The van der Waals surface area contributed by atoms with E-state index in [1.165, 1.54) is 4.90 Å². The van der Waals surface area contributed by atoms with Gasteiger partial charge in [0.2, 0.25) is 5.91 Å². The van der Waals surface area contributed by atoms with Gasteiger partial charge in [0, 0.05) is 11.6 Å². The largest absolute Gasteiger partial charge is 0.444 e. The number of para-hydroxylation sites is 1. The predicted octanol–water partition coefficient (Wildman–Crippen LogP) is 4.58. The zero-order valence-electron chi connectivity index (χ0n) is 22.1. The Balaban J connectivity index is 2.06. The Hall–Kier alpha value is -3.54. The number of benzene rings is 2. The average Bonchev–Trinajstić information content (AvgIpc) is 2.82. The second-order valence-corrected chi connectivity index (χ2v) is 10.7. The van der Waals surface area contributed by atoms with Crippen LogP contribution in [0, 0.1) is 19.3 Å². The van der Waals surface area contributed by atoms with Crippen molar-refractivity contribution < 1.29 is 24.2 Å². The van der Waals surface area contributed by atoms with E-state index in [2.05, 4.69) is 16.6 Å². The first-order valence-corrected chi connectivity index (χ1v) is 12.9. The molecule has 3 amide bonds. The number of ether oxygens (including phenoxy) is 1. The van der Waals surface area contributed by atoms with E-state index < -0.39 is 42.2 Å². The number of amides is 3. The summed E-state index contributed by atoms with van der Waals surface area (Å²) in [7, 11) is 0. The number of nitrogens with one attached hydrogen (secondary N) is 2. The number of carbonyl (C=O) groups is 3. The van der Waals surface area contributed by atoms with Crippen LogP contribution in [0.3, 0.4) is 0 Å². The molecule has 3 N–H and O–H groups in total. The van der Waals surface area contributed by atoms with Crippen LogP contribution in [0.1, 0.15) is 62.8 Å². The molecule has 9 heteroatoms. The number of nitrogens with zero attached hydrogens (tertiary/aromatic N) is 1. The molecule has 2 aromatic rings.